The number of aromatic nitrogens is 1. The average Bonchev–Trinajstić information content (AvgIpc) is 3.56. The lowest BCUT2D eigenvalue weighted by molar-refractivity contribution is -0.132. The van der Waals surface area contributed by atoms with E-state index in [1.807, 2.05) is 6.92 Å². The van der Waals surface area contributed by atoms with Crippen molar-refractivity contribution >= 4 is 33.9 Å². The molecule has 0 bridgehead atoms. The molecule has 34 heavy (non-hydrogen) atoms. The van der Waals surface area contributed by atoms with Crippen LogP contribution in [0.25, 0.3) is 5.76 Å². The highest BCUT2D eigenvalue weighted by Crippen LogP contribution is 2.45. The van der Waals surface area contributed by atoms with Crippen molar-refractivity contribution in [2.24, 2.45) is 0 Å². The zero-order valence-electron chi connectivity index (χ0n) is 18.8. The average molecular weight is 479 g/mol. The number of Topliss-reactive ketones (excluding diaryl/α,β-unsaturated/α-hetero) is 1. The molecule has 0 saturated carbocycles. The molecule has 8 nitrogen and oxygen atoms in total. The second-order valence-corrected chi connectivity index (χ2v) is 8.93. The first-order valence-corrected chi connectivity index (χ1v) is 11.5. The number of hydrogen-bond donors (Lipinski definition) is 1. The molecule has 1 fully saturated rings. The fraction of sp³-hybridized carbons (Fsp3) is 0.240. The van der Waals surface area contributed by atoms with Crippen molar-refractivity contribution in [3.63, 3.8) is 0 Å². The molecule has 3 heterocycles. The van der Waals surface area contributed by atoms with Crippen LogP contribution in [0.2, 0.25) is 0 Å². The Labute approximate surface area is 200 Å². The number of thiazole rings is 1. The molecule has 3 aromatic rings. The molecule has 174 valence electrons. The van der Waals surface area contributed by atoms with Crippen molar-refractivity contribution in [1.82, 2.24) is 4.98 Å². The van der Waals surface area contributed by atoms with Gasteiger partial charge in [-0.2, -0.15) is 0 Å². The summed E-state index contributed by atoms with van der Waals surface area (Å²) in [4.78, 5) is 32.0. The van der Waals surface area contributed by atoms with E-state index in [-0.39, 0.29) is 17.4 Å². The van der Waals surface area contributed by atoms with Gasteiger partial charge in [-0.1, -0.05) is 6.07 Å². The van der Waals surface area contributed by atoms with Crippen molar-refractivity contribution in [3.8, 4) is 17.2 Å². The predicted molar refractivity (Wildman–Crippen MR) is 127 cm³/mol. The van der Waals surface area contributed by atoms with Gasteiger partial charge < -0.3 is 19.3 Å². The van der Waals surface area contributed by atoms with Gasteiger partial charge in [0.25, 0.3) is 5.78 Å². The largest absolute Gasteiger partial charge is 0.507 e. The molecule has 1 saturated heterocycles. The third-order valence-electron chi connectivity index (χ3n) is 5.96. The number of fused-ring (bicyclic) bond motifs is 1. The Hall–Kier alpha value is -3.85. The molecule has 2 atom stereocenters. The first kappa shape index (κ1) is 22.0. The zero-order chi connectivity index (χ0) is 24.0. The quantitative estimate of drug-likeness (QED) is 0.335. The Morgan fingerprint density at radius 3 is 2.65 bits per heavy atom. The number of hydrogen-bond acceptors (Lipinski definition) is 8. The standard InChI is InChI=1S/C25H22N2O6S/c1-13-10-16-11-15(5-6-17(16)33-13)22(28)20-21(14-4-7-18(31-2)19(12-14)32-3)27(24(30)23(20)29)25-26-8-9-34-25/h4-9,11-13,21,28H,10H2,1-3H3/t13-,21-/m0/s1. The van der Waals surface area contributed by atoms with Gasteiger partial charge in [0, 0.05) is 23.6 Å². The van der Waals surface area contributed by atoms with E-state index < -0.39 is 17.7 Å². The Morgan fingerprint density at radius 1 is 1.15 bits per heavy atom. The maximum Gasteiger partial charge on any atom is 0.301 e. The molecule has 1 N–H and O–H groups in total. The molecule has 2 aliphatic rings. The molecular weight excluding hydrogens is 456 g/mol. The lowest BCUT2D eigenvalue weighted by Crippen LogP contribution is -2.29. The summed E-state index contributed by atoms with van der Waals surface area (Å²) in [6.45, 7) is 1.97. The summed E-state index contributed by atoms with van der Waals surface area (Å²) in [6, 6.07) is 9.51. The smallest absolute Gasteiger partial charge is 0.301 e. The normalized spacial score (nSPS) is 20.9. The third-order valence-corrected chi connectivity index (χ3v) is 6.73. The number of rotatable bonds is 5. The number of ketones is 1. The highest BCUT2D eigenvalue weighted by Gasteiger charge is 2.48. The minimum Gasteiger partial charge on any atom is -0.507 e. The maximum absolute atomic E-state index is 13.3. The van der Waals surface area contributed by atoms with Crippen LogP contribution < -0.4 is 19.1 Å². The van der Waals surface area contributed by atoms with E-state index in [4.69, 9.17) is 14.2 Å². The number of carbonyl (C=O) groups excluding carboxylic acids is 2. The minimum atomic E-state index is -0.894. The van der Waals surface area contributed by atoms with Gasteiger partial charge in [-0.3, -0.25) is 14.5 Å². The van der Waals surface area contributed by atoms with Crippen LogP contribution in [0.5, 0.6) is 17.2 Å². The monoisotopic (exact) mass is 478 g/mol. The number of carbonyl (C=O) groups is 2. The Balaban J connectivity index is 1.69. The van der Waals surface area contributed by atoms with E-state index >= 15 is 0 Å². The number of benzene rings is 2. The molecule has 0 unspecified atom stereocenters. The topological polar surface area (TPSA) is 98.2 Å². The van der Waals surface area contributed by atoms with Crippen LogP contribution in [0.4, 0.5) is 5.13 Å². The summed E-state index contributed by atoms with van der Waals surface area (Å²) >= 11 is 1.23. The molecule has 9 heteroatoms. The second kappa shape index (κ2) is 8.49. The van der Waals surface area contributed by atoms with Crippen LogP contribution >= 0.6 is 11.3 Å². The predicted octanol–water partition coefficient (Wildman–Crippen LogP) is 4.11. The van der Waals surface area contributed by atoms with E-state index in [0.717, 1.165) is 11.3 Å². The number of methoxy groups -OCH3 is 2. The van der Waals surface area contributed by atoms with E-state index in [1.165, 1.54) is 30.5 Å². The summed E-state index contributed by atoms with van der Waals surface area (Å²) in [5.41, 5.74) is 1.94. The number of anilines is 1. The molecule has 2 aromatic carbocycles. The highest BCUT2D eigenvalue weighted by atomic mass is 32.1. The molecule has 0 aliphatic carbocycles. The van der Waals surface area contributed by atoms with E-state index in [1.54, 1.807) is 48.0 Å². The zero-order valence-corrected chi connectivity index (χ0v) is 19.6. The molecule has 0 radical (unpaired) electrons. The van der Waals surface area contributed by atoms with Crippen LogP contribution in [-0.2, 0) is 16.0 Å². The van der Waals surface area contributed by atoms with E-state index in [2.05, 4.69) is 4.98 Å². The van der Waals surface area contributed by atoms with Gasteiger partial charge in [0.15, 0.2) is 16.6 Å². The molecule has 1 aromatic heterocycles. The van der Waals surface area contributed by atoms with Gasteiger partial charge in [-0.05, 0) is 48.4 Å². The van der Waals surface area contributed by atoms with Crippen LogP contribution in [0, 0.1) is 0 Å². The minimum absolute atomic E-state index is 0.0145. The van der Waals surface area contributed by atoms with Crippen LogP contribution in [0.3, 0.4) is 0 Å². The van der Waals surface area contributed by atoms with Crippen molar-refractivity contribution in [2.45, 2.75) is 25.5 Å². The fourth-order valence-corrected chi connectivity index (χ4v) is 5.09. The third kappa shape index (κ3) is 3.49. The van der Waals surface area contributed by atoms with Gasteiger partial charge in [0.05, 0.1) is 25.8 Å². The summed E-state index contributed by atoms with van der Waals surface area (Å²) in [6.07, 6.45) is 2.30. The first-order chi connectivity index (χ1) is 16.4. The van der Waals surface area contributed by atoms with Crippen LogP contribution in [0.15, 0.2) is 53.5 Å². The van der Waals surface area contributed by atoms with Gasteiger partial charge in [-0.25, -0.2) is 4.98 Å². The molecule has 1 amide bonds. The lowest BCUT2D eigenvalue weighted by Gasteiger charge is -2.23. The summed E-state index contributed by atoms with van der Waals surface area (Å²) in [5.74, 6) is -0.0890. The van der Waals surface area contributed by atoms with E-state index in [9.17, 15) is 14.7 Å². The maximum atomic E-state index is 13.3. The molecule has 5 rings (SSSR count). The fourth-order valence-electron chi connectivity index (χ4n) is 4.43. The summed E-state index contributed by atoms with van der Waals surface area (Å²) in [5, 5.41) is 13.4. The van der Waals surface area contributed by atoms with Gasteiger partial charge in [0.1, 0.15) is 17.6 Å². The summed E-state index contributed by atoms with van der Waals surface area (Å²) in [7, 11) is 3.03. The van der Waals surface area contributed by atoms with E-state index in [0.29, 0.717) is 34.2 Å². The number of aliphatic hydroxyl groups is 1. The number of amides is 1. The number of nitrogens with zero attached hydrogens (tertiary/aromatic N) is 2. The Morgan fingerprint density at radius 2 is 1.94 bits per heavy atom. The molecular formula is C25H22N2O6S. The highest BCUT2D eigenvalue weighted by molar-refractivity contribution is 7.14. The SMILES string of the molecule is COc1ccc([C@H]2C(=C(O)c3ccc4c(c3)C[C@H](C)O4)C(=O)C(=O)N2c2nccs2)cc1OC. The van der Waals surface area contributed by atoms with Crippen LogP contribution in [0.1, 0.15) is 29.7 Å². The Kier molecular flexibility index (Phi) is 5.49. The second-order valence-electron chi connectivity index (χ2n) is 8.05. The van der Waals surface area contributed by atoms with Crippen molar-refractivity contribution in [1.29, 1.82) is 0 Å². The molecule has 0 spiro atoms. The van der Waals surface area contributed by atoms with Gasteiger partial charge in [0.2, 0.25) is 0 Å². The summed E-state index contributed by atoms with van der Waals surface area (Å²) < 4.78 is 16.5. The van der Waals surface area contributed by atoms with Gasteiger partial charge >= 0.3 is 5.91 Å². The first-order valence-electron chi connectivity index (χ1n) is 10.6. The van der Waals surface area contributed by atoms with Crippen molar-refractivity contribution < 1.29 is 28.9 Å². The Bertz CT molecular complexity index is 1320. The number of ether oxygens (including phenoxy) is 3. The lowest BCUT2D eigenvalue weighted by atomic mass is 9.94. The number of aliphatic hydroxyl groups excluding tert-OH is 1. The molecule has 2 aliphatic heterocycles. The van der Waals surface area contributed by atoms with Crippen molar-refractivity contribution in [3.05, 3.63) is 70.2 Å². The van der Waals surface area contributed by atoms with Gasteiger partial charge in [-0.15, -0.1) is 11.3 Å². The van der Waals surface area contributed by atoms with Crippen LogP contribution in [-0.4, -0.2) is 42.1 Å². The van der Waals surface area contributed by atoms with Crippen molar-refractivity contribution in [2.75, 3.05) is 19.1 Å².